The minimum Gasteiger partial charge on any atom is -0.423 e. The largest absolute Gasteiger partial charge is 0.427 e. The van der Waals surface area contributed by atoms with E-state index in [-0.39, 0.29) is 11.8 Å². The van der Waals surface area contributed by atoms with Crippen molar-refractivity contribution in [3.63, 3.8) is 0 Å². The lowest BCUT2D eigenvalue weighted by Gasteiger charge is -2.27. The molecule has 180 valence electrons. The van der Waals surface area contributed by atoms with Crippen LogP contribution in [0.2, 0.25) is 0 Å². The summed E-state index contributed by atoms with van der Waals surface area (Å²) in [7, 11) is 0. The van der Waals surface area contributed by atoms with Crippen LogP contribution < -0.4 is 4.74 Å². The Balaban J connectivity index is 1.51. The fourth-order valence-electron chi connectivity index (χ4n) is 5.30. The molecule has 2 saturated carbocycles. The van der Waals surface area contributed by atoms with Gasteiger partial charge in [-0.2, -0.15) is 8.78 Å². The fourth-order valence-corrected chi connectivity index (χ4v) is 5.30. The molecule has 0 radical (unpaired) electrons. The molecule has 0 atom stereocenters. The maximum Gasteiger partial charge on any atom is 0.427 e. The summed E-state index contributed by atoms with van der Waals surface area (Å²) in [6, 6.07) is 5.33. The van der Waals surface area contributed by atoms with Gasteiger partial charge in [0, 0.05) is 0 Å². The van der Waals surface area contributed by atoms with Gasteiger partial charge in [0.2, 0.25) is 0 Å². The minimum absolute atomic E-state index is 0.00387. The third-order valence-corrected chi connectivity index (χ3v) is 7.53. The Kier molecular flexibility index (Phi) is 7.01. The van der Waals surface area contributed by atoms with Crippen molar-refractivity contribution in [2.75, 3.05) is 0 Å². The van der Waals surface area contributed by atoms with Gasteiger partial charge in [0.05, 0.1) is 5.56 Å². The first-order valence-corrected chi connectivity index (χ1v) is 12.0. The molecule has 0 N–H and O–H groups in total. The van der Waals surface area contributed by atoms with E-state index in [2.05, 4.69) is 18.6 Å². The Morgan fingerprint density at radius 2 is 1.21 bits per heavy atom. The number of ether oxygens (including phenoxy) is 1. The second-order valence-electron chi connectivity index (χ2n) is 10.1. The molecule has 2 aromatic rings. The standard InChI is InChI=1S/C27H31F5O/c1-16-3-7-18(8-4-16)20-13-24(29)26(25(30)14-20)33-27(31,32)21-11-12-22(23(28)15-21)19-9-5-17(2)6-10-19/h11-19H,3-10H2,1-2H3. The maximum atomic E-state index is 14.8. The first-order chi connectivity index (χ1) is 15.6. The van der Waals surface area contributed by atoms with E-state index in [1.807, 2.05) is 0 Å². The fraction of sp³-hybridized carbons (Fsp3) is 0.556. The van der Waals surface area contributed by atoms with Crippen LogP contribution in [0.25, 0.3) is 0 Å². The van der Waals surface area contributed by atoms with Gasteiger partial charge in [-0.3, -0.25) is 0 Å². The molecular weight excluding hydrogens is 435 g/mol. The zero-order chi connectivity index (χ0) is 23.8. The van der Waals surface area contributed by atoms with Gasteiger partial charge in [-0.05, 0) is 84.7 Å². The van der Waals surface area contributed by atoms with Crippen LogP contribution in [0, 0.1) is 29.3 Å². The average molecular weight is 467 g/mol. The number of halogens is 5. The van der Waals surface area contributed by atoms with Crippen LogP contribution in [0.5, 0.6) is 5.75 Å². The van der Waals surface area contributed by atoms with Crippen LogP contribution in [0.4, 0.5) is 22.0 Å². The molecule has 0 unspecified atom stereocenters. The molecule has 0 spiro atoms. The van der Waals surface area contributed by atoms with Crippen LogP contribution >= 0.6 is 0 Å². The van der Waals surface area contributed by atoms with Crippen molar-refractivity contribution in [1.29, 1.82) is 0 Å². The van der Waals surface area contributed by atoms with Crippen LogP contribution in [-0.2, 0) is 6.11 Å². The first-order valence-electron chi connectivity index (χ1n) is 12.0. The predicted molar refractivity (Wildman–Crippen MR) is 118 cm³/mol. The van der Waals surface area contributed by atoms with Gasteiger partial charge in [-0.15, -0.1) is 0 Å². The van der Waals surface area contributed by atoms with Crippen LogP contribution in [-0.4, -0.2) is 0 Å². The van der Waals surface area contributed by atoms with Gasteiger partial charge in [0.25, 0.3) is 0 Å². The van der Waals surface area contributed by atoms with E-state index in [1.165, 1.54) is 6.07 Å². The second kappa shape index (κ2) is 9.63. The Morgan fingerprint density at radius 3 is 1.73 bits per heavy atom. The van der Waals surface area contributed by atoms with Crippen molar-refractivity contribution in [3.05, 3.63) is 64.5 Å². The van der Waals surface area contributed by atoms with Gasteiger partial charge in [-0.25, -0.2) is 13.2 Å². The average Bonchev–Trinajstić information content (AvgIpc) is 2.77. The van der Waals surface area contributed by atoms with Crippen molar-refractivity contribution in [2.45, 2.75) is 83.2 Å². The van der Waals surface area contributed by atoms with Gasteiger partial charge in [0.15, 0.2) is 17.4 Å². The van der Waals surface area contributed by atoms with E-state index in [0.717, 1.165) is 75.6 Å². The summed E-state index contributed by atoms with van der Waals surface area (Å²) in [6.45, 7) is 4.29. The summed E-state index contributed by atoms with van der Waals surface area (Å²) in [5, 5.41) is 0. The van der Waals surface area contributed by atoms with Gasteiger partial charge >= 0.3 is 6.11 Å². The molecule has 0 aliphatic heterocycles. The molecule has 0 bridgehead atoms. The smallest absolute Gasteiger partial charge is 0.423 e. The number of hydrogen-bond acceptors (Lipinski definition) is 1. The molecule has 6 heteroatoms. The monoisotopic (exact) mass is 466 g/mol. The SMILES string of the molecule is CC1CCC(c2cc(F)c(OC(F)(F)c3ccc(C4CCC(C)CC4)c(F)c3)c(F)c2)CC1. The number of benzene rings is 2. The molecule has 2 fully saturated rings. The first kappa shape index (κ1) is 24.0. The Labute approximate surface area is 192 Å². The third-order valence-electron chi connectivity index (χ3n) is 7.53. The lowest BCUT2D eigenvalue weighted by atomic mass is 9.79. The normalized spacial score (nSPS) is 26.3. The van der Waals surface area contributed by atoms with E-state index in [1.54, 1.807) is 0 Å². The molecule has 1 nitrogen and oxygen atoms in total. The molecule has 0 amide bonds. The Morgan fingerprint density at radius 1 is 0.697 bits per heavy atom. The van der Waals surface area contributed by atoms with E-state index < -0.39 is 34.9 Å². The van der Waals surface area contributed by atoms with Crippen LogP contribution in [0.1, 0.15) is 93.7 Å². The van der Waals surface area contributed by atoms with Crippen LogP contribution in [0.15, 0.2) is 30.3 Å². The van der Waals surface area contributed by atoms with Crippen LogP contribution in [0.3, 0.4) is 0 Å². The number of rotatable bonds is 5. The van der Waals surface area contributed by atoms with Crippen molar-refractivity contribution in [1.82, 2.24) is 0 Å². The molecule has 2 aliphatic carbocycles. The predicted octanol–water partition coefficient (Wildman–Crippen LogP) is 8.82. The summed E-state index contributed by atoms with van der Waals surface area (Å²) in [5.74, 6) is -3.06. The quantitative estimate of drug-likeness (QED) is 0.400. The molecule has 0 saturated heterocycles. The lowest BCUT2D eigenvalue weighted by molar-refractivity contribution is -0.188. The van der Waals surface area contributed by atoms with E-state index in [0.29, 0.717) is 23.0 Å². The number of hydrogen-bond donors (Lipinski definition) is 0. The third kappa shape index (κ3) is 5.36. The summed E-state index contributed by atoms with van der Waals surface area (Å²) in [6.07, 6.45) is 3.03. The summed E-state index contributed by atoms with van der Waals surface area (Å²) in [5.41, 5.74) is 0.104. The zero-order valence-electron chi connectivity index (χ0n) is 19.2. The van der Waals surface area contributed by atoms with Crippen molar-refractivity contribution in [3.8, 4) is 5.75 Å². The highest BCUT2D eigenvalue weighted by Gasteiger charge is 2.38. The van der Waals surface area contributed by atoms with Crippen molar-refractivity contribution in [2.24, 2.45) is 11.8 Å². The summed E-state index contributed by atoms with van der Waals surface area (Å²) in [4.78, 5) is 0. The Bertz CT molecular complexity index is 949. The molecule has 2 aromatic carbocycles. The number of alkyl halides is 2. The molecule has 0 aromatic heterocycles. The second-order valence-corrected chi connectivity index (χ2v) is 10.1. The molecule has 33 heavy (non-hydrogen) atoms. The highest BCUT2D eigenvalue weighted by atomic mass is 19.3. The lowest BCUT2D eigenvalue weighted by Crippen LogP contribution is -2.24. The van der Waals surface area contributed by atoms with E-state index >= 15 is 0 Å². The highest BCUT2D eigenvalue weighted by molar-refractivity contribution is 5.35. The molecule has 0 heterocycles. The van der Waals surface area contributed by atoms with Gasteiger partial charge < -0.3 is 4.74 Å². The molecule has 4 rings (SSSR count). The van der Waals surface area contributed by atoms with Crippen molar-refractivity contribution < 1.29 is 26.7 Å². The topological polar surface area (TPSA) is 9.23 Å². The molecular formula is C27H31F5O. The van der Waals surface area contributed by atoms with Gasteiger partial charge in [-0.1, -0.05) is 45.6 Å². The van der Waals surface area contributed by atoms with Crippen molar-refractivity contribution >= 4 is 0 Å². The van der Waals surface area contributed by atoms with E-state index in [9.17, 15) is 22.0 Å². The minimum atomic E-state index is -4.08. The zero-order valence-corrected chi connectivity index (χ0v) is 19.2. The summed E-state index contributed by atoms with van der Waals surface area (Å²) >= 11 is 0. The Hall–Kier alpha value is -2.11. The summed E-state index contributed by atoms with van der Waals surface area (Å²) < 4.78 is 78.1. The molecule has 2 aliphatic rings. The maximum absolute atomic E-state index is 14.8. The van der Waals surface area contributed by atoms with Gasteiger partial charge in [0.1, 0.15) is 5.82 Å². The van der Waals surface area contributed by atoms with E-state index in [4.69, 9.17) is 0 Å². The highest BCUT2D eigenvalue weighted by Crippen LogP contribution is 2.41.